The van der Waals surface area contributed by atoms with Gasteiger partial charge in [-0.3, -0.25) is 10.4 Å². The lowest BCUT2D eigenvalue weighted by molar-refractivity contribution is -0.149. The number of hydrogen-bond donors (Lipinski definition) is 3. The van der Waals surface area contributed by atoms with E-state index in [-0.39, 0.29) is 41.2 Å². The zero-order chi connectivity index (χ0) is 31.6. The number of nitrogen functional groups attached to an aromatic ring is 1. The Kier molecular flexibility index (Phi) is 8.56. The maximum Gasteiger partial charge on any atom is 0.331 e. The van der Waals surface area contributed by atoms with Crippen molar-refractivity contribution in [2.45, 2.75) is 38.1 Å². The average Bonchev–Trinajstić information content (AvgIpc) is 3.67. The molecule has 1 aliphatic heterocycles. The van der Waals surface area contributed by atoms with E-state index >= 15 is 8.78 Å². The number of ether oxygens (including phenoxy) is 3. The minimum absolute atomic E-state index is 0.114. The summed E-state index contributed by atoms with van der Waals surface area (Å²) in [6.45, 7) is 3.21. The number of esters is 1. The summed E-state index contributed by atoms with van der Waals surface area (Å²) in [6, 6.07) is 8.93. The number of pyridine rings is 1. The van der Waals surface area contributed by atoms with Gasteiger partial charge in [0.25, 0.3) is 5.88 Å². The van der Waals surface area contributed by atoms with Crippen molar-refractivity contribution < 1.29 is 32.9 Å². The second kappa shape index (κ2) is 12.3. The topological polar surface area (TPSA) is 147 Å². The van der Waals surface area contributed by atoms with E-state index in [4.69, 9.17) is 25.4 Å². The lowest BCUT2D eigenvalue weighted by atomic mass is 9.94. The van der Waals surface area contributed by atoms with Crippen molar-refractivity contribution >= 4 is 23.3 Å². The fraction of sp³-hybridized carbons (Fsp3) is 0.355. The highest BCUT2D eigenvalue weighted by Gasteiger charge is 2.46. The normalized spacial score (nSPS) is 15.6. The number of nitrogens with two attached hydrogens (primary N) is 1. The van der Waals surface area contributed by atoms with Crippen LogP contribution in [-0.2, 0) is 9.53 Å². The Morgan fingerprint density at radius 2 is 1.91 bits per heavy atom. The Balaban J connectivity index is 1.53. The highest BCUT2D eigenvalue weighted by Crippen LogP contribution is 2.42. The summed E-state index contributed by atoms with van der Waals surface area (Å²) in [7, 11) is 3.69. The molecule has 232 valence electrons. The molecule has 0 amide bonds. The monoisotopic (exact) mass is 608 g/mol. The number of aromatic hydroxyl groups is 1. The van der Waals surface area contributed by atoms with Crippen LogP contribution in [0.25, 0.3) is 0 Å². The van der Waals surface area contributed by atoms with Crippen molar-refractivity contribution in [3.8, 4) is 28.9 Å². The Morgan fingerprint density at radius 3 is 2.57 bits per heavy atom. The molecule has 44 heavy (non-hydrogen) atoms. The van der Waals surface area contributed by atoms with Crippen molar-refractivity contribution in [2.75, 3.05) is 38.7 Å². The number of aliphatic imine (C=N–C) groups is 1. The Labute approximate surface area is 253 Å². The number of aromatic nitrogens is 1. The van der Waals surface area contributed by atoms with Gasteiger partial charge in [-0.2, -0.15) is 4.39 Å². The predicted molar refractivity (Wildman–Crippen MR) is 160 cm³/mol. The standard InChI is InChI=1S/C31H34F2N6O5/c1-4-42-30(41)31(11-5-6-12-31)39(3)19-8-10-23(20(16-19)28-36-13-14-38(28)2)43-26-21(32)17-37-29(25(26)33)44-24-15-18(27(34)35)7-9-22(24)40/h7-10,15-17,40H,4-6,11-14H2,1-3H3,(H3,34,35). The number of phenols is 1. The molecule has 1 aromatic heterocycles. The van der Waals surface area contributed by atoms with E-state index < -0.39 is 28.8 Å². The first kappa shape index (κ1) is 30.5. The van der Waals surface area contributed by atoms with E-state index in [2.05, 4.69) is 9.98 Å². The summed E-state index contributed by atoms with van der Waals surface area (Å²) in [5.41, 5.74) is 6.05. The molecule has 0 radical (unpaired) electrons. The molecule has 11 nitrogen and oxygen atoms in total. The summed E-state index contributed by atoms with van der Waals surface area (Å²) in [5.74, 6) is -4.29. The number of carbonyl (C=O) groups is 1. The van der Waals surface area contributed by atoms with Gasteiger partial charge in [0.1, 0.15) is 23.0 Å². The molecule has 0 atom stereocenters. The van der Waals surface area contributed by atoms with E-state index in [1.54, 1.807) is 25.1 Å². The molecule has 5 rings (SSSR count). The van der Waals surface area contributed by atoms with Crippen LogP contribution in [0, 0.1) is 17.0 Å². The van der Waals surface area contributed by atoms with Crippen molar-refractivity contribution in [1.82, 2.24) is 9.88 Å². The van der Waals surface area contributed by atoms with Crippen LogP contribution in [-0.4, -0.2) is 72.0 Å². The lowest BCUT2D eigenvalue weighted by Crippen LogP contribution is -2.52. The molecule has 0 spiro atoms. The molecule has 2 aliphatic rings. The van der Waals surface area contributed by atoms with Gasteiger partial charge in [-0.05, 0) is 56.2 Å². The number of likely N-dealkylation sites (N-methyl/N-ethyl adjacent to an activating group) is 2. The third-order valence-electron chi connectivity index (χ3n) is 7.97. The van der Waals surface area contributed by atoms with Crippen molar-refractivity contribution in [1.29, 1.82) is 5.41 Å². The van der Waals surface area contributed by atoms with Gasteiger partial charge in [0.2, 0.25) is 11.6 Å². The Bertz CT molecular complexity index is 1630. The number of amidine groups is 2. The van der Waals surface area contributed by atoms with Gasteiger partial charge in [0.15, 0.2) is 17.3 Å². The molecule has 1 aliphatic carbocycles. The van der Waals surface area contributed by atoms with E-state index in [9.17, 15) is 9.90 Å². The molecule has 0 saturated heterocycles. The number of carbonyl (C=O) groups excluding carboxylic acids is 1. The third kappa shape index (κ3) is 5.69. The molecule has 13 heteroatoms. The molecule has 0 bridgehead atoms. The van der Waals surface area contributed by atoms with Crippen molar-refractivity contribution in [3.63, 3.8) is 0 Å². The van der Waals surface area contributed by atoms with Crippen LogP contribution in [0.5, 0.6) is 28.9 Å². The zero-order valence-corrected chi connectivity index (χ0v) is 24.7. The molecule has 3 aromatic rings. The highest BCUT2D eigenvalue weighted by molar-refractivity contribution is 6.03. The maximum absolute atomic E-state index is 15.7. The largest absolute Gasteiger partial charge is 0.504 e. The molecule has 1 saturated carbocycles. The Hall–Kier alpha value is -4.94. The molecule has 1 fully saturated rings. The fourth-order valence-corrected chi connectivity index (χ4v) is 5.54. The summed E-state index contributed by atoms with van der Waals surface area (Å²) in [4.78, 5) is 25.2. The number of rotatable bonds is 10. The van der Waals surface area contributed by atoms with Gasteiger partial charge in [0, 0.05) is 31.9 Å². The molecule has 2 aromatic carbocycles. The third-order valence-corrected chi connectivity index (χ3v) is 7.97. The van der Waals surface area contributed by atoms with E-state index in [0.717, 1.165) is 19.0 Å². The number of halogens is 2. The summed E-state index contributed by atoms with van der Waals surface area (Å²) >= 11 is 0. The minimum atomic E-state index is -1.25. The van der Waals surface area contributed by atoms with E-state index in [0.29, 0.717) is 43.0 Å². The number of hydrogen-bond acceptors (Lipinski definition) is 10. The van der Waals surface area contributed by atoms with Crippen LogP contribution < -0.4 is 20.1 Å². The summed E-state index contributed by atoms with van der Waals surface area (Å²) in [5, 5.41) is 17.8. The SMILES string of the molecule is CCOC(=O)C1(N(C)c2ccc(Oc3c(F)cnc(Oc4cc(C(=N)N)ccc4O)c3F)c(C3=NCCN3C)c2)CCCC1. The molecule has 4 N–H and O–H groups in total. The number of nitrogens with zero attached hydrogens (tertiary/aromatic N) is 4. The molecular weight excluding hydrogens is 574 g/mol. The second-order valence-corrected chi connectivity index (χ2v) is 10.7. The maximum atomic E-state index is 15.7. The summed E-state index contributed by atoms with van der Waals surface area (Å²) < 4.78 is 47.5. The van der Waals surface area contributed by atoms with Gasteiger partial charge in [-0.15, -0.1) is 0 Å². The van der Waals surface area contributed by atoms with Gasteiger partial charge >= 0.3 is 5.97 Å². The first-order valence-electron chi connectivity index (χ1n) is 14.2. The summed E-state index contributed by atoms with van der Waals surface area (Å²) in [6.07, 6.45) is 3.78. The fourth-order valence-electron chi connectivity index (χ4n) is 5.54. The van der Waals surface area contributed by atoms with Crippen molar-refractivity contribution in [2.24, 2.45) is 10.7 Å². The van der Waals surface area contributed by atoms with Gasteiger partial charge < -0.3 is 34.9 Å². The lowest BCUT2D eigenvalue weighted by Gasteiger charge is -2.38. The van der Waals surface area contributed by atoms with Crippen molar-refractivity contribution in [3.05, 3.63) is 65.4 Å². The molecule has 2 heterocycles. The number of phenolic OH excluding ortho intramolecular Hbond substituents is 1. The zero-order valence-electron chi connectivity index (χ0n) is 24.7. The molecule has 0 unspecified atom stereocenters. The van der Waals surface area contributed by atoms with Gasteiger partial charge in [0.05, 0.1) is 24.9 Å². The van der Waals surface area contributed by atoms with E-state index in [1.807, 2.05) is 23.9 Å². The highest BCUT2D eigenvalue weighted by atomic mass is 19.1. The Morgan fingerprint density at radius 1 is 1.16 bits per heavy atom. The predicted octanol–water partition coefficient (Wildman–Crippen LogP) is 4.94. The van der Waals surface area contributed by atoms with Crippen LogP contribution in [0.4, 0.5) is 14.5 Å². The van der Waals surface area contributed by atoms with E-state index in [1.165, 1.54) is 18.2 Å². The average molecular weight is 609 g/mol. The van der Waals surface area contributed by atoms with Gasteiger partial charge in [-0.1, -0.05) is 12.8 Å². The quantitative estimate of drug-likeness (QED) is 0.165. The number of benzene rings is 2. The smallest absolute Gasteiger partial charge is 0.331 e. The first-order valence-corrected chi connectivity index (χ1v) is 14.2. The second-order valence-electron chi connectivity index (χ2n) is 10.7. The van der Waals surface area contributed by atoms with Gasteiger partial charge in [-0.25, -0.2) is 14.2 Å². The van der Waals surface area contributed by atoms with Crippen LogP contribution in [0.3, 0.4) is 0 Å². The minimum Gasteiger partial charge on any atom is -0.504 e. The van der Waals surface area contributed by atoms with Crippen LogP contribution in [0.15, 0.2) is 47.6 Å². The van der Waals surface area contributed by atoms with Crippen LogP contribution in [0.2, 0.25) is 0 Å². The molecular formula is C31H34F2N6O5. The number of nitrogens with one attached hydrogen (secondary N) is 1. The first-order chi connectivity index (χ1) is 21.1. The van der Waals surface area contributed by atoms with Crippen LogP contribution >= 0.6 is 0 Å². The van der Waals surface area contributed by atoms with Crippen LogP contribution in [0.1, 0.15) is 43.7 Å². The number of anilines is 1.